The number of hydrogen-bond donors (Lipinski definition) is 1. The lowest BCUT2D eigenvalue weighted by Crippen LogP contribution is -2.39. The summed E-state index contributed by atoms with van der Waals surface area (Å²) in [5.74, 6) is 2.76. The third kappa shape index (κ3) is 3.09. The van der Waals surface area contributed by atoms with Crippen molar-refractivity contribution in [2.45, 2.75) is 46.2 Å². The van der Waals surface area contributed by atoms with Crippen LogP contribution in [-0.4, -0.2) is 5.54 Å². The summed E-state index contributed by atoms with van der Waals surface area (Å²) in [6.07, 6.45) is 5.47. The zero-order valence-electron chi connectivity index (χ0n) is 10.1. The van der Waals surface area contributed by atoms with Crippen molar-refractivity contribution < 1.29 is 0 Å². The summed E-state index contributed by atoms with van der Waals surface area (Å²) in [7, 11) is 0. The highest BCUT2D eigenvalue weighted by molar-refractivity contribution is 7.12. The van der Waals surface area contributed by atoms with Crippen molar-refractivity contribution in [3.63, 3.8) is 0 Å². The minimum Gasteiger partial charge on any atom is -0.295 e. The molecular formula is C13H19NS. The maximum Gasteiger partial charge on any atom is 0.0745 e. The van der Waals surface area contributed by atoms with E-state index in [4.69, 9.17) is 6.42 Å². The molecule has 1 unspecified atom stereocenters. The molecule has 0 aromatic carbocycles. The standard InChI is InChI=1S/C13H19NS/c1-7-13(5,6)14-10(3)12-8-9(2)15-11(12)4/h1,8,10,14H,2-6H3. The van der Waals surface area contributed by atoms with Gasteiger partial charge in [0.05, 0.1) is 5.54 Å². The predicted octanol–water partition coefficient (Wildman–Crippen LogP) is 3.43. The molecule has 0 radical (unpaired) electrons. The second kappa shape index (κ2) is 4.38. The van der Waals surface area contributed by atoms with E-state index >= 15 is 0 Å². The summed E-state index contributed by atoms with van der Waals surface area (Å²) in [4.78, 5) is 2.73. The van der Waals surface area contributed by atoms with Crippen LogP contribution >= 0.6 is 11.3 Å². The third-order valence-corrected chi connectivity index (χ3v) is 3.47. The molecule has 0 aliphatic heterocycles. The molecule has 1 heterocycles. The van der Waals surface area contributed by atoms with Crippen LogP contribution in [-0.2, 0) is 0 Å². The van der Waals surface area contributed by atoms with E-state index in [1.165, 1.54) is 15.3 Å². The first-order chi connectivity index (χ1) is 6.85. The lowest BCUT2D eigenvalue weighted by molar-refractivity contribution is 0.431. The molecule has 0 fully saturated rings. The fourth-order valence-corrected chi connectivity index (χ4v) is 2.76. The van der Waals surface area contributed by atoms with Crippen LogP contribution in [0.25, 0.3) is 0 Å². The monoisotopic (exact) mass is 221 g/mol. The van der Waals surface area contributed by atoms with Gasteiger partial charge in [-0.05, 0) is 46.2 Å². The van der Waals surface area contributed by atoms with Gasteiger partial charge in [0.1, 0.15) is 0 Å². The van der Waals surface area contributed by atoms with E-state index in [1.807, 2.05) is 25.2 Å². The van der Waals surface area contributed by atoms with Gasteiger partial charge < -0.3 is 0 Å². The highest BCUT2D eigenvalue weighted by Crippen LogP contribution is 2.27. The Morgan fingerprint density at radius 1 is 1.47 bits per heavy atom. The van der Waals surface area contributed by atoms with Gasteiger partial charge in [-0.25, -0.2) is 0 Å². The van der Waals surface area contributed by atoms with Crippen molar-refractivity contribution in [1.82, 2.24) is 5.32 Å². The van der Waals surface area contributed by atoms with Crippen molar-refractivity contribution >= 4 is 11.3 Å². The van der Waals surface area contributed by atoms with Crippen LogP contribution in [0.5, 0.6) is 0 Å². The van der Waals surface area contributed by atoms with Gasteiger partial charge in [-0.2, -0.15) is 0 Å². The quantitative estimate of drug-likeness (QED) is 0.771. The van der Waals surface area contributed by atoms with Crippen molar-refractivity contribution in [2.24, 2.45) is 0 Å². The van der Waals surface area contributed by atoms with E-state index in [0.717, 1.165) is 0 Å². The fourth-order valence-electron chi connectivity index (χ4n) is 1.74. The molecule has 1 N–H and O–H groups in total. The first-order valence-electron chi connectivity index (χ1n) is 5.18. The molecule has 0 aliphatic carbocycles. The molecule has 1 atom stereocenters. The van der Waals surface area contributed by atoms with Gasteiger partial charge in [-0.3, -0.25) is 5.32 Å². The Bertz CT molecular complexity index is 382. The van der Waals surface area contributed by atoms with E-state index in [0.29, 0.717) is 6.04 Å². The summed E-state index contributed by atoms with van der Waals surface area (Å²) < 4.78 is 0. The first-order valence-corrected chi connectivity index (χ1v) is 6.00. The van der Waals surface area contributed by atoms with Gasteiger partial charge in [-0.1, -0.05) is 5.92 Å². The van der Waals surface area contributed by atoms with Crippen LogP contribution < -0.4 is 5.32 Å². The van der Waals surface area contributed by atoms with E-state index in [9.17, 15) is 0 Å². The maximum absolute atomic E-state index is 5.47. The molecule has 2 heteroatoms. The molecule has 1 rings (SSSR count). The van der Waals surface area contributed by atoms with Crippen LogP contribution in [0.4, 0.5) is 0 Å². The van der Waals surface area contributed by atoms with E-state index in [1.54, 1.807) is 0 Å². The number of rotatable bonds is 3. The maximum atomic E-state index is 5.47. The Morgan fingerprint density at radius 2 is 2.07 bits per heavy atom. The largest absolute Gasteiger partial charge is 0.295 e. The Kier molecular flexibility index (Phi) is 3.59. The van der Waals surface area contributed by atoms with Gasteiger partial charge >= 0.3 is 0 Å². The van der Waals surface area contributed by atoms with Crippen LogP contribution in [0.1, 0.15) is 42.1 Å². The topological polar surface area (TPSA) is 12.0 Å². The van der Waals surface area contributed by atoms with Gasteiger partial charge in [0, 0.05) is 15.8 Å². The second-order valence-corrected chi connectivity index (χ2v) is 5.96. The van der Waals surface area contributed by atoms with E-state index in [2.05, 4.69) is 38.1 Å². The first kappa shape index (κ1) is 12.3. The molecule has 82 valence electrons. The predicted molar refractivity (Wildman–Crippen MR) is 68.3 cm³/mol. The van der Waals surface area contributed by atoms with Crippen molar-refractivity contribution in [1.29, 1.82) is 0 Å². The lowest BCUT2D eigenvalue weighted by Gasteiger charge is -2.25. The van der Waals surface area contributed by atoms with E-state index < -0.39 is 0 Å². The summed E-state index contributed by atoms with van der Waals surface area (Å²) in [6, 6.07) is 2.55. The van der Waals surface area contributed by atoms with Crippen molar-refractivity contribution in [2.75, 3.05) is 0 Å². The fraction of sp³-hybridized carbons (Fsp3) is 0.538. The van der Waals surface area contributed by atoms with Gasteiger partial charge in [-0.15, -0.1) is 17.8 Å². The summed E-state index contributed by atoms with van der Waals surface area (Å²) >= 11 is 1.84. The summed E-state index contributed by atoms with van der Waals surface area (Å²) in [5, 5.41) is 3.45. The molecule has 0 spiro atoms. The molecule has 0 saturated heterocycles. The highest BCUT2D eigenvalue weighted by atomic mass is 32.1. The van der Waals surface area contributed by atoms with Crippen molar-refractivity contribution in [3.05, 3.63) is 21.4 Å². The number of nitrogens with one attached hydrogen (secondary N) is 1. The van der Waals surface area contributed by atoms with Crippen LogP contribution in [0, 0.1) is 26.2 Å². The minimum atomic E-state index is -0.248. The SMILES string of the molecule is C#CC(C)(C)NC(C)c1cc(C)sc1C. The van der Waals surface area contributed by atoms with Gasteiger partial charge in [0.25, 0.3) is 0 Å². The molecule has 1 aromatic rings. The lowest BCUT2D eigenvalue weighted by atomic mass is 10.0. The molecule has 0 amide bonds. The third-order valence-electron chi connectivity index (χ3n) is 2.48. The Labute approximate surface area is 96.9 Å². The molecule has 1 aromatic heterocycles. The molecule has 0 saturated carbocycles. The smallest absolute Gasteiger partial charge is 0.0745 e. The summed E-state index contributed by atoms with van der Waals surface area (Å²) in [5.41, 5.74) is 1.11. The highest BCUT2D eigenvalue weighted by Gasteiger charge is 2.19. The summed E-state index contributed by atoms with van der Waals surface area (Å²) in [6.45, 7) is 10.5. The number of aryl methyl sites for hydroxylation is 2. The number of hydrogen-bond acceptors (Lipinski definition) is 2. The van der Waals surface area contributed by atoms with Crippen LogP contribution in [0.2, 0.25) is 0 Å². The normalized spacial score (nSPS) is 13.6. The molecule has 1 nitrogen and oxygen atoms in total. The zero-order chi connectivity index (χ0) is 11.6. The second-order valence-electron chi connectivity index (χ2n) is 4.50. The zero-order valence-corrected chi connectivity index (χ0v) is 11.0. The molecule has 0 aliphatic rings. The Balaban J connectivity index is 2.83. The van der Waals surface area contributed by atoms with E-state index in [-0.39, 0.29) is 5.54 Å². The minimum absolute atomic E-state index is 0.248. The van der Waals surface area contributed by atoms with Crippen LogP contribution in [0.15, 0.2) is 6.07 Å². The number of thiophene rings is 1. The van der Waals surface area contributed by atoms with Crippen LogP contribution in [0.3, 0.4) is 0 Å². The average Bonchev–Trinajstić information content (AvgIpc) is 2.45. The average molecular weight is 221 g/mol. The number of terminal acetylenes is 1. The molecule has 15 heavy (non-hydrogen) atoms. The molecule has 0 bridgehead atoms. The Hall–Kier alpha value is -0.780. The van der Waals surface area contributed by atoms with Crippen molar-refractivity contribution in [3.8, 4) is 12.3 Å². The Morgan fingerprint density at radius 3 is 2.47 bits per heavy atom. The van der Waals surface area contributed by atoms with Gasteiger partial charge in [0.2, 0.25) is 0 Å². The van der Waals surface area contributed by atoms with Gasteiger partial charge in [0.15, 0.2) is 0 Å². The molecular weight excluding hydrogens is 202 g/mol.